The van der Waals surface area contributed by atoms with Crippen LogP contribution in [-0.4, -0.2) is 39.3 Å². The number of rotatable bonds is 2. The average Bonchev–Trinajstić information content (AvgIpc) is 2.84. The van der Waals surface area contributed by atoms with E-state index in [0.29, 0.717) is 17.9 Å². The predicted octanol–water partition coefficient (Wildman–Crippen LogP) is 1.43. The van der Waals surface area contributed by atoms with Crippen molar-refractivity contribution in [3.8, 4) is 11.8 Å². The summed E-state index contributed by atoms with van der Waals surface area (Å²) in [6.45, 7) is 1.52. The molecule has 0 spiro atoms. The van der Waals surface area contributed by atoms with Crippen molar-refractivity contribution in [3.63, 3.8) is 0 Å². The molecular weight excluding hydrogens is 268 g/mol. The Labute approximate surface area is 121 Å². The standard InChI is InChI=1S/C15H14N4O2/c1-18-7-6-14-11(9-18)12(8-16)17-19(14)13-5-3-2-4-10(13)15(20)21/h2-5H,6-7,9H2,1H3,(H,20,21). The smallest absolute Gasteiger partial charge is 0.337 e. The van der Waals surface area contributed by atoms with Gasteiger partial charge in [0.1, 0.15) is 6.07 Å². The first-order valence-corrected chi connectivity index (χ1v) is 6.64. The van der Waals surface area contributed by atoms with Gasteiger partial charge in [0, 0.05) is 25.1 Å². The highest BCUT2D eigenvalue weighted by Crippen LogP contribution is 2.25. The average molecular weight is 282 g/mol. The maximum atomic E-state index is 11.4. The van der Waals surface area contributed by atoms with E-state index in [2.05, 4.69) is 16.1 Å². The van der Waals surface area contributed by atoms with Crippen molar-refractivity contribution in [2.75, 3.05) is 13.6 Å². The highest BCUT2D eigenvalue weighted by Gasteiger charge is 2.25. The lowest BCUT2D eigenvalue weighted by Gasteiger charge is -2.23. The largest absolute Gasteiger partial charge is 0.478 e. The van der Waals surface area contributed by atoms with Gasteiger partial charge in [-0.25, -0.2) is 9.48 Å². The molecule has 2 aromatic rings. The zero-order chi connectivity index (χ0) is 15.0. The second-order valence-corrected chi connectivity index (χ2v) is 5.11. The molecule has 3 rings (SSSR count). The first-order chi connectivity index (χ1) is 10.1. The molecule has 0 radical (unpaired) electrons. The van der Waals surface area contributed by atoms with Crippen LogP contribution in [0.15, 0.2) is 24.3 Å². The molecule has 106 valence electrons. The van der Waals surface area contributed by atoms with E-state index < -0.39 is 5.97 Å². The third-order valence-corrected chi connectivity index (χ3v) is 3.72. The molecule has 0 unspecified atom stereocenters. The van der Waals surface area contributed by atoms with Crippen LogP contribution in [0.5, 0.6) is 0 Å². The van der Waals surface area contributed by atoms with Gasteiger partial charge in [-0.3, -0.25) is 0 Å². The number of nitriles is 1. The van der Waals surface area contributed by atoms with Crippen LogP contribution in [0.25, 0.3) is 5.69 Å². The molecule has 0 saturated heterocycles. The van der Waals surface area contributed by atoms with E-state index in [1.807, 2.05) is 7.05 Å². The third kappa shape index (κ3) is 2.18. The Kier molecular flexibility index (Phi) is 3.20. The summed E-state index contributed by atoms with van der Waals surface area (Å²) >= 11 is 0. The summed E-state index contributed by atoms with van der Waals surface area (Å²) in [4.78, 5) is 13.5. The van der Waals surface area contributed by atoms with Gasteiger partial charge in [-0.05, 0) is 19.2 Å². The molecule has 0 fully saturated rings. The van der Waals surface area contributed by atoms with Gasteiger partial charge in [0.25, 0.3) is 0 Å². The van der Waals surface area contributed by atoms with E-state index in [-0.39, 0.29) is 5.56 Å². The van der Waals surface area contributed by atoms with E-state index in [9.17, 15) is 15.2 Å². The normalized spacial score (nSPS) is 14.5. The fraction of sp³-hybridized carbons (Fsp3) is 0.267. The number of hydrogen-bond donors (Lipinski definition) is 1. The van der Waals surface area contributed by atoms with Crippen LogP contribution in [0, 0.1) is 11.3 Å². The molecular formula is C15H14N4O2. The van der Waals surface area contributed by atoms with Crippen molar-refractivity contribution < 1.29 is 9.90 Å². The molecule has 0 bridgehead atoms. The number of aromatic nitrogens is 2. The number of hydrogen-bond acceptors (Lipinski definition) is 4. The van der Waals surface area contributed by atoms with Gasteiger partial charge >= 0.3 is 5.97 Å². The number of para-hydroxylation sites is 1. The molecule has 0 saturated carbocycles. The number of benzene rings is 1. The number of carboxylic acid groups (broad SMARTS) is 1. The van der Waals surface area contributed by atoms with Crippen LogP contribution < -0.4 is 0 Å². The maximum absolute atomic E-state index is 11.4. The summed E-state index contributed by atoms with van der Waals surface area (Å²) < 4.78 is 1.62. The maximum Gasteiger partial charge on any atom is 0.337 e. The Morgan fingerprint density at radius 2 is 2.19 bits per heavy atom. The van der Waals surface area contributed by atoms with Gasteiger partial charge in [-0.2, -0.15) is 10.4 Å². The zero-order valence-corrected chi connectivity index (χ0v) is 11.6. The molecule has 1 aliphatic heterocycles. The second kappa shape index (κ2) is 5.04. The minimum Gasteiger partial charge on any atom is -0.478 e. The van der Waals surface area contributed by atoms with Gasteiger partial charge in [0.15, 0.2) is 5.69 Å². The number of carboxylic acids is 1. The number of aromatic carboxylic acids is 1. The van der Waals surface area contributed by atoms with Crippen molar-refractivity contribution in [2.24, 2.45) is 0 Å². The molecule has 1 aromatic heterocycles. The fourth-order valence-electron chi connectivity index (χ4n) is 2.68. The predicted molar refractivity (Wildman–Crippen MR) is 75.3 cm³/mol. The van der Waals surface area contributed by atoms with Crippen LogP contribution in [0.1, 0.15) is 27.3 Å². The molecule has 6 nitrogen and oxygen atoms in total. The first-order valence-electron chi connectivity index (χ1n) is 6.64. The molecule has 6 heteroatoms. The SMILES string of the molecule is CN1CCc2c(c(C#N)nn2-c2ccccc2C(=O)O)C1. The van der Waals surface area contributed by atoms with Crippen molar-refractivity contribution in [2.45, 2.75) is 13.0 Å². The van der Waals surface area contributed by atoms with E-state index >= 15 is 0 Å². The van der Waals surface area contributed by atoms with Crippen molar-refractivity contribution in [1.82, 2.24) is 14.7 Å². The molecule has 21 heavy (non-hydrogen) atoms. The Hall–Kier alpha value is -2.65. The van der Waals surface area contributed by atoms with Crippen LogP contribution in [0.3, 0.4) is 0 Å². The Balaban J connectivity index is 2.21. The third-order valence-electron chi connectivity index (χ3n) is 3.72. The van der Waals surface area contributed by atoms with Gasteiger partial charge < -0.3 is 10.0 Å². The summed E-state index contributed by atoms with van der Waals surface area (Å²) in [5, 5.41) is 22.9. The molecule has 2 heterocycles. The first kappa shape index (κ1) is 13.3. The number of fused-ring (bicyclic) bond motifs is 1. The second-order valence-electron chi connectivity index (χ2n) is 5.11. The highest BCUT2D eigenvalue weighted by atomic mass is 16.4. The van der Waals surface area contributed by atoms with Gasteiger partial charge in [-0.15, -0.1) is 0 Å². The lowest BCUT2D eigenvalue weighted by molar-refractivity contribution is 0.0696. The number of likely N-dealkylation sites (N-methyl/N-ethyl adjacent to an activating group) is 1. The molecule has 1 N–H and O–H groups in total. The lowest BCUT2D eigenvalue weighted by atomic mass is 10.1. The quantitative estimate of drug-likeness (QED) is 0.901. The van der Waals surface area contributed by atoms with E-state index in [0.717, 1.165) is 24.2 Å². The summed E-state index contributed by atoms with van der Waals surface area (Å²) in [5.74, 6) is -0.999. The minimum absolute atomic E-state index is 0.186. The molecule has 0 atom stereocenters. The van der Waals surface area contributed by atoms with Crippen LogP contribution in [0.2, 0.25) is 0 Å². The van der Waals surface area contributed by atoms with Crippen molar-refractivity contribution in [1.29, 1.82) is 5.26 Å². The van der Waals surface area contributed by atoms with Crippen molar-refractivity contribution >= 4 is 5.97 Å². The van der Waals surface area contributed by atoms with Crippen LogP contribution >= 0.6 is 0 Å². The molecule has 1 aliphatic rings. The van der Waals surface area contributed by atoms with Gasteiger partial charge in [0.2, 0.25) is 0 Å². The summed E-state index contributed by atoms with van der Waals surface area (Å²) in [5.41, 5.74) is 2.89. The van der Waals surface area contributed by atoms with E-state index in [1.165, 1.54) is 0 Å². The summed E-state index contributed by atoms with van der Waals surface area (Å²) in [6.07, 6.45) is 0.745. The van der Waals surface area contributed by atoms with Gasteiger partial charge in [-0.1, -0.05) is 12.1 Å². The van der Waals surface area contributed by atoms with E-state index in [4.69, 9.17) is 0 Å². The lowest BCUT2D eigenvalue weighted by Crippen LogP contribution is -2.27. The Morgan fingerprint density at radius 3 is 2.90 bits per heavy atom. The monoisotopic (exact) mass is 282 g/mol. The summed E-state index contributed by atoms with van der Waals surface area (Å²) in [6, 6.07) is 8.83. The fourth-order valence-corrected chi connectivity index (χ4v) is 2.68. The van der Waals surface area contributed by atoms with Crippen LogP contribution in [0.4, 0.5) is 0 Å². The number of nitrogens with zero attached hydrogens (tertiary/aromatic N) is 4. The molecule has 0 amide bonds. The molecule has 0 aliphatic carbocycles. The van der Waals surface area contributed by atoms with Gasteiger partial charge in [0.05, 0.1) is 16.9 Å². The Bertz CT molecular complexity index is 758. The minimum atomic E-state index is -0.999. The van der Waals surface area contributed by atoms with Crippen LogP contribution in [-0.2, 0) is 13.0 Å². The zero-order valence-electron chi connectivity index (χ0n) is 11.6. The Morgan fingerprint density at radius 1 is 1.43 bits per heavy atom. The molecule has 1 aromatic carbocycles. The topological polar surface area (TPSA) is 82.2 Å². The number of carbonyl (C=O) groups is 1. The summed E-state index contributed by atoms with van der Waals surface area (Å²) in [7, 11) is 1.99. The highest BCUT2D eigenvalue weighted by molar-refractivity contribution is 5.91. The van der Waals surface area contributed by atoms with E-state index in [1.54, 1.807) is 28.9 Å². The van der Waals surface area contributed by atoms with Crippen molar-refractivity contribution in [3.05, 3.63) is 46.8 Å².